The van der Waals surface area contributed by atoms with Crippen molar-refractivity contribution in [3.05, 3.63) is 176 Å². The summed E-state index contributed by atoms with van der Waals surface area (Å²) in [5.41, 5.74) is 22.4. The van der Waals surface area contributed by atoms with Crippen molar-refractivity contribution in [2.24, 2.45) is 5.73 Å². The van der Waals surface area contributed by atoms with E-state index in [9.17, 15) is 14.4 Å². The lowest BCUT2D eigenvalue weighted by Crippen LogP contribution is -2.28. The number of oxazole rings is 2. The molecule has 27 heteroatoms. The summed E-state index contributed by atoms with van der Waals surface area (Å²) in [6.45, 7) is 27.4. The molecule has 0 atom stereocenters. The second-order valence-electron chi connectivity index (χ2n) is 20.9. The molecule has 88 heavy (non-hydrogen) atoms. The van der Waals surface area contributed by atoms with Crippen molar-refractivity contribution in [3.63, 3.8) is 0 Å². The number of rotatable bonds is 20. The number of nitrogens with zero attached hydrogens (tertiary/aromatic N) is 10. The highest BCUT2D eigenvalue weighted by Gasteiger charge is 2.23. The Kier molecular flexibility index (Phi) is 23.9. The second-order valence-corrected chi connectivity index (χ2v) is 21.7. The highest BCUT2D eigenvalue weighted by Crippen LogP contribution is 2.27. The minimum atomic E-state index is -0.749. The first-order valence-corrected chi connectivity index (χ1v) is 27.7. The first kappa shape index (κ1) is 67.1. The monoisotopic (exact) mass is 1240 g/mol. The smallest absolute Gasteiger partial charge is 0.407 e. The molecule has 8 aromatic rings. The summed E-state index contributed by atoms with van der Waals surface area (Å²) in [4.78, 5) is 70.8. The molecule has 8 N–H and O–H groups in total. The predicted molar refractivity (Wildman–Crippen MR) is 333 cm³/mol. The third-order valence-corrected chi connectivity index (χ3v) is 12.0. The number of fused-ring (bicyclic) bond motifs is 2. The predicted octanol–water partition coefficient (Wildman–Crippen LogP) is 10.0. The van der Waals surface area contributed by atoms with Crippen LogP contribution in [-0.2, 0) is 50.1 Å². The van der Waals surface area contributed by atoms with E-state index < -0.39 is 29.2 Å². The molecule has 0 saturated carbocycles. The Hall–Kier alpha value is -10.1. The van der Waals surface area contributed by atoms with Gasteiger partial charge in [-0.2, -0.15) is 9.97 Å². The number of alkyl carbamates (subject to hydrolysis) is 1. The Balaban J connectivity index is 0.000000239. The van der Waals surface area contributed by atoms with Gasteiger partial charge in [0.05, 0.1) is 26.3 Å². The molecule has 0 aliphatic heterocycles. The van der Waals surface area contributed by atoms with Gasteiger partial charge in [-0.1, -0.05) is 71.7 Å². The van der Waals surface area contributed by atoms with Crippen LogP contribution in [0.1, 0.15) is 75.6 Å². The van der Waals surface area contributed by atoms with Gasteiger partial charge in [-0.25, -0.2) is 34.4 Å². The minimum absolute atomic E-state index is 0.0315. The van der Waals surface area contributed by atoms with Crippen molar-refractivity contribution in [3.8, 4) is 11.8 Å². The van der Waals surface area contributed by atoms with Crippen LogP contribution in [0.5, 0.6) is 11.8 Å². The van der Waals surface area contributed by atoms with E-state index in [1.165, 1.54) is 24.3 Å². The third-order valence-electron chi connectivity index (χ3n) is 11.6. The van der Waals surface area contributed by atoms with Crippen LogP contribution in [0, 0.1) is 13.1 Å². The number of hydrogen-bond donors (Lipinski definition) is 5. The van der Waals surface area contributed by atoms with Crippen molar-refractivity contribution < 1.29 is 52.0 Å². The molecule has 4 aromatic heterocycles. The molecule has 8 rings (SSSR count). The van der Waals surface area contributed by atoms with Crippen LogP contribution in [-0.4, -0.2) is 105 Å². The van der Waals surface area contributed by atoms with Crippen molar-refractivity contribution >= 4 is 98.9 Å². The highest BCUT2D eigenvalue weighted by molar-refractivity contribution is 6.29. The average Bonchev–Trinajstić information content (AvgIpc) is 3.98. The number of hydrogen-bond acceptors (Lipinski definition) is 22. The summed E-state index contributed by atoms with van der Waals surface area (Å²) < 4.78 is 38.2. The molecule has 0 bridgehead atoms. The molecule has 4 heterocycles. The van der Waals surface area contributed by atoms with Gasteiger partial charge < -0.3 is 69.9 Å². The number of aliphatic hydroxyl groups excluding tert-OH is 1. The quantitative estimate of drug-likeness (QED) is 0.0156. The van der Waals surface area contributed by atoms with Crippen LogP contribution in [0.15, 0.2) is 117 Å². The van der Waals surface area contributed by atoms with Crippen molar-refractivity contribution in [1.29, 1.82) is 0 Å². The number of nitrogens with one attached hydrogen (secondary N) is 1. The van der Waals surface area contributed by atoms with E-state index in [1.54, 1.807) is 65.8 Å². The summed E-state index contributed by atoms with van der Waals surface area (Å²) >= 11 is 11.6. The first-order valence-electron chi connectivity index (χ1n) is 26.9. The number of carbonyl (C=O) groups is 3. The number of halogens is 2. The van der Waals surface area contributed by atoms with E-state index in [0.29, 0.717) is 54.3 Å². The van der Waals surface area contributed by atoms with Crippen LogP contribution in [0.4, 0.5) is 28.1 Å². The standard InChI is InChI=1S/C31H32ClN7O6.C18H21N3O4.C12H13ClN4O/c1-31(2,3)45-28(40)23(34-4)15-27-36-22-11-10-21(14-24(22)44-27)39(5)12-13-42-30(41)35-17-19-6-8-20(9-7-19)18-43-26-16-25(32)37-29(33)38-26;1-18(2,3)25-17(23)14(19-4)11-16-20-13-7-6-12(10-15(13)24-16)21(5)8-9-22;13-10-5-11(17-12(15)16-10)18-7-9-3-1-8(6-14)2-4-9/h6-11,14-16H,12-13,17-18H2,1-3,5H3,(H,35,41)(H2,33,37,38);6-7,10-11,22H,8-9H2,1-3,5H3;1-5H,6-7,14H2,(H2,15,16,17)/b23-15-;14-11-;. The number of anilines is 4. The number of nitrogen functional groups attached to an aromatic ring is 2. The average molecular weight is 1240 g/mol. The molecular formula is C61H66Cl2N14O11. The molecule has 0 spiro atoms. The highest BCUT2D eigenvalue weighted by atomic mass is 35.5. The van der Waals surface area contributed by atoms with Gasteiger partial charge in [-0.15, -0.1) is 0 Å². The number of likely N-dealkylation sites (N-methyl/N-ethyl adjacent to an activating group) is 2. The number of benzene rings is 4. The van der Waals surface area contributed by atoms with Crippen LogP contribution in [0.3, 0.4) is 0 Å². The zero-order valence-electron chi connectivity index (χ0n) is 49.5. The van der Waals surface area contributed by atoms with E-state index in [4.69, 9.17) is 91.2 Å². The molecule has 25 nitrogen and oxygen atoms in total. The molecule has 1 amide bonds. The van der Waals surface area contributed by atoms with Crippen LogP contribution < -0.4 is 41.8 Å². The van der Waals surface area contributed by atoms with Crippen molar-refractivity contribution in [2.75, 3.05) is 61.7 Å². The summed E-state index contributed by atoms with van der Waals surface area (Å²) in [5, 5.41) is 12.2. The number of esters is 2. The zero-order valence-corrected chi connectivity index (χ0v) is 51.1. The Bertz CT molecular complexity index is 3810. The lowest BCUT2D eigenvalue weighted by molar-refractivity contribution is -0.150. The maximum absolute atomic E-state index is 12.3. The van der Waals surface area contributed by atoms with Gasteiger partial charge in [0.1, 0.15) is 52.4 Å². The fourth-order valence-electron chi connectivity index (χ4n) is 7.35. The molecule has 0 saturated heterocycles. The summed E-state index contributed by atoms with van der Waals surface area (Å²) in [6, 6.07) is 29.1. The van der Waals surface area contributed by atoms with Gasteiger partial charge in [0.2, 0.25) is 35.4 Å². The van der Waals surface area contributed by atoms with Crippen molar-refractivity contribution in [1.82, 2.24) is 35.2 Å². The molecule has 460 valence electrons. The van der Waals surface area contributed by atoms with Crippen LogP contribution in [0.25, 0.3) is 44.0 Å². The van der Waals surface area contributed by atoms with Gasteiger partial charge in [0, 0.05) is 81.5 Å². The number of ether oxygens (including phenoxy) is 5. The Morgan fingerprint density at radius 2 is 1.05 bits per heavy atom. The normalized spacial score (nSPS) is 11.4. The maximum Gasteiger partial charge on any atom is 0.407 e. The lowest BCUT2D eigenvalue weighted by atomic mass is 10.1. The van der Waals surface area contributed by atoms with E-state index in [2.05, 4.69) is 44.9 Å². The fourth-order valence-corrected chi connectivity index (χ4v) is 7.71. The van der Waals surface area contributed by atoms with Gasteiger partial charge in [0.15, 0.2) is 11.2 Å². The van der Waals surface area contributed by atoms with Gasteiger partial charge in [-0.05, 0) is 88.1 Å². The molecule has 0 fully saturated rings. The van der Waals surface area contributed by atoms with E-state index in [0.717, 1.165) is 33.6 Å². The van der Waals surface area contributed by atoms with Crippen LogP contribution >= 0.6 is 23.2 Å². The Morgan fingerprint density at radius 3 is 1.44 bits per heavy atom. The number of amides is 1. The Labute approximate surface area is 517 Å². The summed E-state index contributed by atoms with van der Waals surface area (Å²) in [5.74, 6) is -0.430. The second kappa shape index (κ2) is 31.4. The number of aliphatic hydroxyl groups is 1. The Morgan fingerprint density at radius 1 is 0.625 bits per heavy atom. The van der Waals surface area contributed by atoms with E-state index in [1.807, 2.05) is 84.6 Å². The number of aromatic nitrogens is 6. The van der Waals surface area contributed by atoms with Crippen LogP contribution in [0.2, 0.25) is 10.3 Å². The van der Waals surface area contributed by atoms with E-state index in [-0.39, 0.29) is 77.6 Å². The maximum atomic E-state index is 12.3. The minimum Gasteiger partial charge on any atom is -0.473 e. The molecule has 0 aliphatic carbocycles. The van der Waals surface area contributed by atoms with Gasteiger partial charge >= 0.3 is 18.0 Å². The molecule has 0 radical (unpaired) electrons. The van der Waals surface area contributed by atoms with E-state index >= 15 is 0 Å². The first-order chi connectivity index (χ1) is 41.8. The zero-order chi connectivity index (χ0) is 64.1. The molecule has 0 unspecified atom stereocenters. The molecular weight excluding hydrogens is 1180 g/mol. The third kappa shape index (κ3) is 21.8. The summed E-state index contributed by atoms with van der Waals surface area (Å²) in [6.07, 6.45) is 1.99. The topological polar surface area (TPSA) is 326 Å². The van der Waals surface area contributed by atoms with Gasteiger partial charge in [-0.3, -0.25) is 9.59 Å². The molecule has 0 aliphatic rings. The largest absolute Gasteiger partial charge is 0.473 e. The number of carbonyl (C=O) groups excluding carboxylic acids is 3. The van der Waals surface area contributed by atoms with Crippen molar-refractivity contribution in [2.45, 2.75) is 79.0 Å². The lowest BCUT2D eigenvalue weighted by Gasteiger charge is -2.19. The summed E-state index contributed by atoms with van der Waals surface area (Å²) in [7, 11) is 3.70. The molecule has 4 aromatic carbocycles. The SMILES string of the molecule is NCc1ccc(COc2cc(Cl)nc(N)n2)cc1.[C-]#[N+]/C(=C\c1nc2ccc(N(C)CCO)cc2o1)C(=O)OC(C)(C)C.[C-]#[N+]/C(=C\c1nc2ccc(N(C)CCOC(=O)NCc3ccc(COc4cc(Cl)nc(N)n4)cc3)cc2o1)C(=O)OC(C)(C)C. The fraction of sp³-hybridized carbons (Fsp3) is 0.295. The number of nitrogens with two attached hydrogens (primary N) is 3. The van der Waals surface area contributed by atoms with Gasteiger partial charge in [0.25, 0.3) is 11.4 Å².